The van der Waals surface area contributed by atoms with Crippen molar-refractivity contribution in [2.24, 2.45) is 0 Å². The summed E-state index contributed by atoms with van der Waals surface area (Å²) in [6.07, 6.45) is 0. The van der Waals surface area contributed by atoms with Crippen molar-refractivity contribution < 1.29 is 14.3 Å². The highest BCUT2D eigenvalue weighted by atomic mass is 16.5. The molecule has 0 aliphatic carbocycles. The molecular weight excluding hydrogens is 266 g/mol. The van der Waals surface area contributed by atoms with Gasteiger partial charge in [0.1, 0.15) is 0 Å². The summed E-state index contributed by atoms with van der Waals surface area (Å²) in [5.41, 5.74) is 2.10. The fourth-order valence-electron chi connectivity index (χ4n) is 1.96. The Hall–Kier alpha value is -2.62. The zero-order valence-corrected chi connectivity index (χ0v) is 12.0. The predicted octanol–water partition coefficient (Wildman–Crippen LogP) is 3.22. The molecule has 4 nitrogen and oxygen atoms in total. The topological polar surface area (TPSA) is 55.4 Å². The molecule has 0 aliphatic rings. The van der Waals surface area contributed by atoms with E-state index < -0.39 is 0 Å². The van der Waals surface area contributed by atoms with E-state index in [4.69, 9.17) is 4.74 Å². The van der Waals surface area contributed by atoms with Gasteiger partial charge in [0.2, 0.25) is 0 Å². The first kappa shape index (κ1) is 14.8. The fourth-order valence-corrected chi connectivity index (χ4v) is 1.96. The van der Waals surface area contributed by atoms with E-state index >= 15 is 0 Å². The molecular formula is C17H17NO3. The van der Waals surface area contributed by atoms with Crippen molar-refractivity contribution in [1.29, 1.82) is 0 Å². The molecule has 4 heteroatoms. The minimum absolute atomic E-state index is 0.182. The van der Waals surface area contributed by atoms with Crippen molar-refractivity contribution >= 4 is 17.6 Å². The third kappa shape index (κ3) is 3.69. The van der Waals surface area contributed by atoms with E-state index in [0.717, 1.165) is 11.3 Å². The van der Waals surface area contributed by atoms with E-state index in [9.17, 15) is 9.59 Å². The largest absolute Gasteiger partial charge is 0.469 e. The molecule has 0 saturated carbocycles. The highest BCUT2D eigenvalue weighted by Crippen LogP contribution is 2.18. The van der Waals surface area contributed by atoms with Crippen molar-refractivity contribution in [3.63, 3.8) is 0 Å². The lowest BCUT2D eigenvalue weighted by Crippen LogP contribution is -2.13. The van der Waals surface area contributed by atoms with Crippen LogP contribution in [-0.2, 0) is 9.53 Å². The van der Waals surface area contributed by atoms with Crippen molar-refractivity contribution in [3.8, 4) is 0 Å². The second-order valence-electron chi connectivity index (χ2n) is 4.69. The standard InChI is InChI=1S/C17H17NO3/c1-12(17(20)21-2)13-8-10-14(11-9-13)16(19)18-15-6-4-3-5-7-15/h3-12H,1-2H3,(H,18,19). The first-order valence-electron chi connectivity index (χ1n) is 6.66. The Morgan fingerprint density at radius 2 is 1.62 bits per heavy atom. The number of hydrogen-bond acceptors (Lipinski definition) is 3. The maximum absolute atomic E-state index is 12.1. The molecule has 1 N–H and O–H groups in total. The fraction of sp³-hybridized carbons (Fsp3) is 0.176. The number of ether oxygens (including phenoxy) is 1. The molecule has 0 fully saturated rings. The average Bonchev–Trinajstić information content (AvgIpc) is 2.54. The molecule has 0 heterocycles. The van der Waals surface area contributed by atoms with Crippen LogP contribution in [0.2, 0.25) is 0 Å². The van der Waals surface area contributed by atoms with E-state index in [2.05, 4.69) is 5.32 Å². The molecule has 0 aromatic heterocycles. The van der Waals surface area contributed by atoms with Gasteiger partial charge in [0.25, 0.3) is 5.91 Å². The molecule has 1 atom stereocenters. The number of methoxy groups -OCH3 is 1. The summed E-state index contributed by atoms with van der Waals surface area (Å²) < 4.78 is 4.70. The Morgan fingerprint density at radius 1 is 1.00 bits per heavy atom. The molecule has 2 aromatic carbocycles. The van der Waals surface area contributed by atoms with Crippen LogP contribution in [0.1, 0.15) is 28.8 Å². The molecule has 0 saturated heterocycles. The number of carbonyl (C=O) groups excluding carboxylic acids is 2. The van der Waals surface area contributed by atoms with Crippen LogP contribution < -0.4 is 5.32 Å². The van der Waals surface area contributed by atoms with Gasteiger partial charge in [0.15, 0.2) is 0 Å². The number of benzene rings is 2. The van der Waals surface area contributed by atoms with Crippen molar-refractivity contribution in [1.82, 2.24) is 0 Å². The van der Waals surface area contributed by atoms with Gasteiger partial charge in [-0.05, 0) is 36.8 Å². The van der Waals surface area contributed by atoms with Gasteiger partial charge in [-0.3, -0.25) is 9.59 Å². The van der Waals surface area contributed by atoms with E-state index in [1.54, 1.807) is 31.2 Å². The van der Waals surface area contributed by atoms with Crippen molar-refractivity contribution in [2.75, 3.05) is 12.4 Å². The Balaban J connectivity index is 2.08. The Kier molecular flexibility index (Phi) is 4.72. The molecule has 0 spiro atoms. The summed E-state index contributed by atoms with van der Waals surface area (Å²) in [7, 11) is 1.36. The number of carbonyl (C=O) groups is 2. The number of esters is 1. The Bertz CT molecular complexity index is 620. The molecule has 108 valence electrons. The van der Waals surface area contributed by atoms with Gasteiger partial charge in [0, 0.05) is 11.3 Å². The minimum atomic E-state index is -0.346. The first-order chi connectivity index (χ1) is 10.1. The minimum Gasteiger partial charge on any atom is -0.469 e. The van der Waals surface area contributed by atoms with Crippen LogP contribution in [0, 0.1) is 0 Å². The van der Waals surface area contributed by atoms with Crippen molar-refractivity contribution in [2.45, 2.75) is 12.8 Å². The molecule has 2 aromatic rings. The van der Waals surface area contributed by atoms with Gasteiger partial charge < -0.3 is 10.1 Å². The summed E-state index contributed by atoms with van der Waals surface area (Å²) in [5, 5.41) is 2.81. The zero-order chi connectivity index (χ0) is 15.2. The molecule has 0 radical (unpaired) electrons. The van der Waals surface area contributed by atoms with Gasteiger partial charge >= 0.3 is 5.97 Å². The van der Waals surface area contributed by atoms with E-state index in [1.807, 2.05) is 30.3 Å². The first-order valence-corrected chi connectivity index (χ1v) is 6.66. The summed E-state index contributed by atoms with van der Waals surface area (Å²) >= 11 is 0. The molecule has 1 amide bonds. The molecule has 0 aliphatic heterocycles. The molecule has 0 bridgehead atoms. The Labute approximate surface area is 123 Å². The SMILES string of the molecule is COC(=O)C(C)c1ccc(C(=O)Nc2ccccc2)cc1. The smallest absolute Gasteiger partial charge is 0.312 e. The van der Waals surface area contributed by atoms with Gasteiger partial charge in [-0.1, -0.05) is 30.3 Å². The summed E-state index contributed by atoms with van der Waals surface area (Å²) in [6.45, 7) is 1.77. The quantitative estimate of drug-likeness (QED) is 0.877. The monoisotopic (exact) mass is 283 g/mol. The van der Waals surface area contributed by atoms with Gasteiger partial charge in [-0.15, -0.1) is 0 Å². The highest BCUT2D eigenvalue weighted by Gasteiger charge is 2.16. The van der Waals surface area contributed by atoms with Crippen LogP contribution in [0.25, 0.3) is 0 Å². The van der Waals surface area contributed by atoms with Gasteiger partial charge in [-0.2, -0.15) is 0 Å². The number of para-hydroxylation sites is 1. The predicted molar refractivity (Wildman–Crippen MR) is 81.3 cm³/mol. The molecule has 21 heavy (non-hydrogen) atoms. The molecule has 2 rings (SSSR count). The highest BCUT2D eigenvalue weighted by molar-refractivity contribution is 6.04. The zero-order valence-electron chi connectivity index (χ0n) is 12.0. The maximum Gasteiger partial charge on any atom is 0.312 e. The normalized spacial score (nSPS) is 11.5. The maximum atomic E-state index is 12.1. The summed E-state index contributed by atoms with van der Waals surface area (Å²) in [6, 6.07) is 16.2. The number of rotatable bonds is 4. The van der Waals surface area contributed by atoms with E-state index in [1.165, 1.54) is 7.11 Å². The van der Waals surface area contributed by atoms with Crippen LogP contribution in [0.4, 0.5) is 5.69 Å². The lowest BCUT2D eigenvalue weighted by molar-refractivity contribution is -0.141. The van der Waals surface area contributed by atoms with Crippen LogP contribution in [0.5, 0.6) is 0 Å². The van der Waals surface area contributed by atoms with Crippen LogP contribution in [-0.4, -0.2) is 19.0 Å². The third-order valence-electron chi connectivity index (χ3n) is 3.26. The van der Waals surface area contributed by atoms with E-state index in [-0.39, 0.29) is 17.8 Å². The number of anilines is 1. The van der Waals surface area contributed by atoms with Gasteiger partial charge in [0.05, 0.1) is 13.0 Å². The third-order valence-corrected chi connectivity index (χ3v) is 3.26. The number of amides is 1. The lowest BCUT2D eigenvalue weighted by atomic mass is 10.00. The number of hydrogen-bond donors (Lipinski definition) is 1. The summed E-state index contributed by atoms with van der Waals surface area (Å²) in [4.78, 5) is 23.6. The molecule has 1 unspecified atom stereocenters. The van der Waals surface area contributed by atoms with Gasteiger partial charge in [-0.25, -0.2) is 0 Å². The van der Waals surface area contributed by atoms with Crippen LogP contribution >= 0.6 is 0 Å². The number of nitrogens with one attached hydrogen (secondary N) is 1. The Morgan fingerprint density at radius 3 is 2.19 bits per heavy atom. The van der Waals surface area contributed by atoms with Crippen LogP contribution in [0.15, 0.2) is 54.6 Å². The van der Waals surface area contributed by atoms with Crippen molar-refractivity contribution in [3.05, 3.63) is 65.7 Å². The van der Waals surface area contributed by atoms with E-state index in [0.29, 0.717) is 5.56 Å². The average molecular weight is 283 g/mol. The second-order valence-corrected chi connectivity index (χ2v) is 4.69. The summed E-state index contributed by atoms with van der Waals surface area (Å²) in [5.74, 6) is -0.823. The lowest BCUT2D eigenvalue weighted by Gasteiger charge is -2.10. The van der Waals surface area contributed by atoms with Crippen LogP contribution in [0.3, 0.4) is 0 Å². The second kappa shape index (κ2) is 6.70.